The lowest BCUT2D eigenvalue weighted by Gasteiger charge is -2.23. The van der Waals surface area contributed by atoms with Crippen molar-refractivity contribution in [3.8, 4) is 0 Å². The molecule has 2 aromatic rings. The maximum atomic E-state index is 13.1. The summed E-state index contributed by atoms with van der Waals surface area (Å²) in [6, 6.07) is 13.3. The van der Waals surface area contributed by atoms with Crippen molar-refractivity contribution in [3.05, 3.63) is 64.7 Å². The Labute approximate surface area is 164 Å². The monoisotopic (exact) mass is 410 g/mol. The van der Waals surface area contributed by atoms with Crippen molar-refractivity contribution >= 4 is 27.5 Å². The fourth-order valence-electron chi connectivity index (χ4n) is 2.48. The number of aryl methyl sites for hydroxylation is 1. The normalized spacial score (nSPS) is 11.6. The van der Waals surface area contributed by atoms with E-state index < -0.39 is 15.9 Å². The zero-order valence-corrected chi connectivity index (χ0v) is 16.6. The van der Waals surface area contributed by atoms with Crippen LogP contribution >= 0.6 is 11.6 Å². The smallest absolute Gasteiger partial charge is 0.243 e. The van der Waals surface area contributed by atoms with Crippen LogP contribution in [0.4, 0.5) is 0 Å². The number of rotatable bonds is 9. The van der Waals surface area contributed by atoms with Crippen LogP contribution in [0.25, 0.3) is 0 Å². The van der Waals surface area contributed by atoms with Crippen molar-refractivity contribution in [3.63, 3.8) is 0 Å². The van der Waals surface area contributed by atoms with Crippen molar-refractivity contribution in [1.29, 1.82) is 0 Å². The Hall–Kier alpha value is -1.93. The van der Waals surface area contributed by atoms with Gasteiger partial charge in [0.05, 0.1) is 11.4 Å². The Morgan fingerprint density at radius 2 is 1.81 bits per heavy atom. The standard InChI is InChI=1S/C19H23ClN2O4S/c1-15-5-2-3-6-16(15)13-22(14-19(24)21-11-4-12-23)27(25,26)18-9-7-17(20)8-10-18/h2-3,5-10,23H,4,11-14H2,1H3,(H,21,24). The van der Waals surface area contributed by atoms with E-state index in [0.29, 0.717) is 11.4 Å². The Morgan fingerprint density at radius 3 is 2.44 bits per heavy atom. The van der Waals surface area contributed by atoms with Gasteiger partial charge in [0.2, 0.25) is 15.9 Å². The molecule has 0 saturated carbocycles. The van der Waals surface area contributed by atoms with Gasteiger partial charge in [0, 0.05) is 24.7 Å². The van der Waals surface area contributed by atoms with E-state index in [1.807, 2.05) is 31.2 Å². The zero-order valence-electron chi connectivity index (χ0n) is 15.1. The van der Waals surface area contributed by atoms with Crippen LogP contribution in [0.5, 0.6) is 0 Å². The van der Waals surface area contributed by atoms with Gasteiger partial charge >= 0.3 is 0 Å². The van der Waals surface area contributed by atoms with Crippen LogP contribution in [0, 0.1) is 6.92 Å². The second-order valence-electron chi connectivity index (χ2n) is 6.08. The molecule has 27 heavy (non-hydrogen) atoms. The number of benzene rings is 2. The average Bonchev–Trinajstić information content (AvgIpc) is 2.63. The van der Waals surface area contributed by atoms with Gasteiger partial charge in [-0.1, -0.05) is 35.9 Å². The molecule has 0 unspecified atom stereocenters. The number of nitrogens with zero attached hydrogens (tertiary/aromatic N) is 1. The van der Waals surface area contributed by atoms with Gasteiger partial charge in [-0.05, 0) is 48.7 Å². The lowest BCUT2D eigenvalue weighted by Crippen LogP contribution is -2.40. The molecular weight excluding hydrogens is 388 g/mol. The van der Waals surface area contributed by atoms with Crippen molar-refractivity contribution in [1.82, 2.24) is 9.62 Å². The van der Waals surface area contributed by atoms with Crippen LogP contribution in [0.15, 0.2) is 53.4 Å². The quantitative estimate of drug-likeness (QED) is 0.621. The average molecular weight is 411 g/mol. The summed E-state index contributed by atoms with van der Waals surface area (Å²) in [6.07, 6.45) is 0.410. The first-order valence-corrected chi connectivity index (χ1v) is 10.3. The molecule has 0 aliphatic rings. The number of aliphatic hydroxyl groups excluding tert-OH is 1. The highest BCUT2D eigenvalue weighted by atomic mass is 35.5. The number of carbonyl (C=O) groups is 1. The first-order valence-electron chi connectivity index (χ1n) is 8.52. The van der Waals surface area contributed by atoms with Crippen molar-refractivity contribution in [2.45, 2.75) is 24.8 Å². The molecule has 2 N–H and O–H groups in total. The molecule has 6 nitrogen and oxygen atoms in total. The third-order valence-corrected chi connectivity index (χ3v) is 6.09. The van der Waals surface area contributed by atoms with E-state index in [0.717, 1.165) is 15.4 Å². The van der Waals surface area contributed by atoms with Gasteiger partial charge in [-0.2, -0.15) is 4.31 Å². The van der Waals surface area contributed by atoms with Gasteiger partial charge in [-0.25, -0.2) is 8.42 Å². The van der Waals surface area contributed by atoms with Crippen LogP contribution in [0.2, 0.25) is 5.02 Å². The first-order chi connectivity index (χ1) is 12.8. The van der Waals surface area contributed by atoms with E-state index in [-0.39, 0.29) is 31.1 Å². The summed E-state index contributed by atoms with van der Waals surface area (Å²) in [5.74, 6) is -0.422. The molecule has 0 bridgehead atoms. The summed E-state index contributed by atoms with van der Waals surface area (Å²) in [5.41, 5.74) is 1.76. The third-order valence-electron chi connectivity index (χ3n) is 4.04. The Balaban J connectivity index is 2.29. The summed E-state index contributed by atoms with van der Waals surface area (Å²) in [4.78, 5) is 12.3. The maximum absolute atomic E-state index is 13.1. The predicted molar refractivity (Wildman–Crippen MR) is 105 cm³/mol. The van der Waals surface area contributed by atoms with Crippen molar-refractivity contribution in [2.75, 3.05) is 19.7 Å². The minimum atomic E-state index is -3.89. The molecule has 0 atom stereocenters. The van der Waals surface area contributed by atoms with Gasteiger partial charge in [0.25, 0.3) is 0 Å². The molecule has 8 heteroatoms. The van der Waals surface area contributed by atoms with E-state index in [9.17, 15) is 13.2 Å². The number of sulfonamides is 1. The fourth-order valence-corrected chi connectivity index (χ4v) is 3.98. The minimum absolute atomic E-state index is 0.0454. The minimum Gasteiger partial charge on any atom is -0.396 e. The molecule has 0 aromatic heterocycles. The number of aliphatic hydroxyl groups is 1. The van der Waals surface area contributed by atoms with Crippen LogP contribution in [0.1, 0.15) is 17.5 Å². The number of halogens is 1. The van der Waals surface area contributed by atoms with Crippen molar-refractivity contribution < 1.29 is 18.3 Å². The first kappa shape index (κ1) is 21.4. The topological polar surface area (TPSA) is 86.7 Å². The van der Waals surface area contributed by atoms with E-state index in [2.05, 4.69) is 5.32 Å². The second-order valence-corrected chi connectivity index (χ2v) is 8.45. The molecule has 2 aromatic carbocycles. The predicted octanol–water partition coefficient (Wildman–Crippen LogP) is 2.34. The lowest BCUT2D eigenvalue weighted by molar-refractivity contribution is -0.121. The molecule has 0 heterocycles. The SMILES string of the molecule is Cc1ccccc1CN(CC(=O)NCCCO)S(=O)(=O)c1ccc(Cl)cc1. The third kappa shape index (κ3) is 6.04. The highest BCUT2D eigenvalue weighted by molar-refractivity contribution is 7.89. The Kier molecular flexibility index (Phi) is 7.79. The number of amides is 1. The summed E-state index contributed by atoms with van der Waals surface area (Å²) in [6.45, 7) is 1.89. The fraction of sp³-hybridized carbons (Fsp3) is 0.316. The highest BCUT2D eigenvalue weighted by Crippen LogP contribution is 2.21. The summed E-state index contributed by atoms with van der Waals surface area (Å²) >= 11 is 5.85. The van der Waals surface area contributed by atoms with Crippen LogP contribution in [-0.2, 0) is 21.4 Å². The van der Waals surface area contributed by atoms with Crippen molar-refractivity contribution in [2.24, 2.45) is 0 Å². The molecule has 0 aliphatic heterocycles. The number of hydrogen-bond donors (Lipinski definition) is 2. The van der Waals surface area contributed by atoms with Crippen LogP contribution in [0.3, 0.4) is 0 Å². The molecule has 0 spiro atoms. The van der Waals surface area contributed by atoms with Crippen LogP contribution in [-0.4, -0.2) is 43.4 Å². The molecule has 2 rings (SSSR count). The van der Waals surface area contributed by atoms with E-state index >= 15 is 0 Å². The summed E-state index contributed by atoms with van der Waals surface area (Å²) < 4.78 is 27.3. The number of hydrogen-bond acceptors (Lipinski definition) is 4. The van der Waals surface area contributed by atoms with Crippen LogP contribution < -0.4 is 5.32 Å². The Bertz CT molecular complexity index is 870. The Morgan fingerprint density at radius 1 is 1.15 bits per heavy atom. The summed E-state index contributed by atoms with van der Waals surface area (Å²) in [7, 11) is -3.89. The molecule has 0 saturated heterocycles. The maximum Gasteiger partial charge on any atom is 0.243 e. The van der Waals surface area contributed by atoms with E-state index in [4.69, 9.17) is 16.7 Å². The zero-order chi connectivity index (χ0) is 19.9. The largest absolute Gasteiger partial charge is 0.396 e. The van der Waals surface area contributed by atoms with E-state index in [1.54, 1.807) is 0 Å². The summed E-state index contributed by atoms with van der Waals surface area (Å²) in [5, 5.41) is 11.9. The molecule has 146 valence electrons. The molecule has 1 amide bonds. The number of nitrogens with one attached hydrogen (secondary N) is 1. The molecule has 0 aliphatic carbocycles. The van der Waals surface area contributed by atoms with Gasteiger partial charge in [0.1, 0.15) is 0 Å². The number of carbonyl (C=O) groups excluding carboxylic acids is 1. The van der Waals surface area contributed by atoms with Gasteiger partial charge < -0.3 is 10.4 Å². The highest BCUT2D eigenvalue weighted by Gasteiger charge is 2.27. The molecular formula is C19H23ClN2O4S. The molecule has 0 radical (unpaired) electrons. The van der Waals surface area contributed by atoms with Gasteiger partial charge in [-0.15, -0.1) is 0 Å². The van der Waals surface area contributed by atoms with Gasteiger partial charge in [0.15, 0.2) is 0 Å². The molecule has 0 fully saturated rings. The second kappa shape index (κ2) is 9.85. The lowest BCUT2D eigenvalue weighted by atomic mass is 10.1. The van der Waals surface area contributed by atoms with Gasteiger partial charge in [-0.3, -0.25) is 4.79 Å². The van der Waals surface area contributed by atoms with E-state index in [1.165, 1.54) is 24.3 Å².